The Hall–Kier alpha value is -0.810. The zero-order chi connectivity index (χ0) is 10.3. The topological polar surface area (TPSA) is 54.2 Å². The van der Waals surface area contributed by atoms with Gasteiger partial charge in [0.1, 0.15) is 10.8 Å². The monoisotopic (exact) mass is 224 g/mol. The van der Waals surface area contributed by atoms with Gasteiger partial charge in [-0.1, -0.05) is 0 Å². The Balaban J connectivity index is 1.56. The third-order valence-corrected chi connectivity index (χ3v) is 3.89. The van der Waals surface area contributed by atoms with Gasteiger partial charge in [0.25, 0.3) is 0 Å². The van der Waals surface area contributed by atoms with Crippen molar-refractivity contribution >= 4 is 22.4 Å². The van der Waals surface area contributed by atoms with E-state index < -0.39 is 0 Å². The van der Waals surface area contributed by atoms with E-state index in [1.807, 2.05) is 6.07 Å². The van der Waals surface area contributed by atoms with E-state index in [1.54, 1.807) is 0 Å². The van der Waals surface area contributed by atoms with Crippen LogP contribution in [0.2, 0.25) is 0 Å². The summed E-state index contributed by atoms with van der Waals surface area (Å²) in [7, 11) is 0. The number of nitrogens with two attached hydrogens (primary N) is 1. The standard InChI is InChI=1S/C10H16N4S/c11-9-5-10(15-13-9)12-7-3-4-14(6-7)8-1-2-8/h5,7-8,12H,1-4,6H2,(H2,11,13). The smallest absolute Gasteiger partial charge is 0.139 e. The zero-order valence-electron chi connectivity index (χ0n) is 8.65. The van der Waals surface area contributed by atoms with Gasteiger partial charge in [0, 0.05) is 31.2 Å². The molecule has 1 atom stereocenters. The number of nitrogens with one attached hydrogen (secondary N) is 1. The van der Waals surface area contributed by atoms with Crippen molar-refractivity contribution in [3.63, 3.8) is 0 Å². The Kier molecular flexibility index (Phi) is 2.29. The van der Waals surface area contributed by atoms with E-state index in [-0.39, 0.29) is 0 Å². The molecule has 0 aromatic carbocycles. The summed E-state index contributed by atoms with van der Waals surface area (Å²) in [5, 5.41) is 4.62. The maximum absolute atomic E-state index is 5.59. The molecule has 1 unspecified atom stereocenters. The Morgan fingerprint density at radius 2 is 2.33 bits per heavy atom. The first kappa shape index (κ1) is 9.42. The number of hydrogen-bond acceptors (Lipinski definition) is 5. The molecule has 1 saturated carbocycles. The number of aromatic nitrogens is 1. The molecule has 3 rings (SSSR count). The normalized spacial score (nSPS) is 27.1. The predicted octanol–water partition coefficient (Wildman–Crippen LogP) is 1.37. The maximum Gasteiger partial charge on any atom is 0.139 e. The summed E-state index contributed by atoms with van der Waals surface area (Å²) in [5.41, 5.74) is 5.59. The summed E-state index contributed by atoms with van der Waals surface area (Å²) in [6.45, 7) is 2.43. The van der Waals surface area contributed by atoms with Gasteiger partial charge in [-0.25, -0.2) is 0 Å². The van der Waals surface area contributed by atoms with E-state index in [2.05, 4.69) is 14.6 Å². The minimum absolute atomic E-state index is 0.588. The minimum Gasteiger partial charge on any atom is -0.383 e. The first-order chi connectivity index (χ1) is 7.31. The van der Waals surface area contributed by atoms with E-state index in [9.17, 15) is 0 Å². The van der Waals surface area contributed by atoms with Gasteiger partial charge in [-0.15, -0.1) is 0 Å². The molecular formula is C10H16N4S. The molecular weight excluding hydrogens is 208 g/mol. The summed E-state index contributed by atoms with van der Waals surface area (Å²) >= 11 is 1.46. The lowest BCUT2D eigenvalue weighted by molar-refractivity contribution is 0.326. The van der Waals surface area contributed by atoms with Crippen molar-refractivity contribution in [3.8, 4) is 0 Å². The zero-order valence-corrected chi connectivity index (χ0v) is 9.46. The van der Waals surface area contributed by atoms with Crippen LogP contribution in [0.15, 0.2) is 6.07 Å². The molecule has 2 heterocycles. The van der Waals surface area contributed by atoms with E-state index in [0.717, 1.165) is 11.0 Å². The van der Waals surface area contributed by atoms with Gasteiger partial charge >= 0.3 is 0 Å². The highest BCUT2D eigenvalue weighted by atomic mass is 32.1. The summed E-state index contributed by atoms with van der Waals surface area (Å²) in [4.78, 5) is 2.60. The Labute approximate surface area is 93.6 Å². The lowest BCUT2D eigenvalue weighted by Crippen LogP contribution is -2.27. The second-order valence-corrected chi connectivity index (χ2v) is 5.28. The molecule has 0 amide bonds. The highest BCUT2D eigenvalue weighted by Gasteiger charge is 2.34. The molecule has 3 N–H and O–H groups in total. The van der Waals surface area contributed by atoms with Crippen LogP contribution < -0.4 is 11.1 Å². The number of anilines is 2. The average molecular weight is 224 g/mol. The summed E-state index contributed by atoms with van der Waals surface area (Å²) < 4.78 is 4.07. The Morgan fingerprint density at radius 1 is 1.47 bits per heavy atom. The number of likely N-dealkylation sites (tertiary alicyclic amines) is 1. The van der Waals surface area contributed by atoms with E-state index in [1.165, 1.54) is 43.9 Å². The van der Waals surface area contributed by atoms with E-state index in [4.69, 9.17) is 5.73 Å². The van der Waals surface area contributed by atoms with Crippen molar-refractivity contribution < 1.29 is 0 Å². The molecule has 1 aliphatic heterocycles. The SMILES string of the molecule is Nc1cc(NC2CCN(C3CC3)C2)sn1. The molecule has 2 aliphatic rings. The van der Waals surface area contributed by atoms with Crippen LogP contribution in [0, 0.1) is 0 Å². The van der Waals surface area contributed by atoms with Crippen LogP contribution in [0.5, 0.6) is 0 Å². The summed E-state index contributed by atoms with van der Waals surface area (Å²) in [6, 6.07) is 3.40. The Morgan fingerprint density at radius 3 is 3.00 bits per heavy atom. The second kappa shape index (κ2) is 3.64. The highest BCUT2D eigenvalue weighted by Crippen LogP contribution is 2.31. The van der Waals surface area contributed by atoms with Gasteiger partial charge < -0.3 is 11.1 Å². The molecule has 0 radical (unpaired) electrons. The van der Waals surface area contributed by atoms with E-state index >= 15 is 0 Å². The predicted molar refractivity (Wildman–Crippen MR) is 63.1 cm³/mol. The van der Waals surface area contributed by atoms with Crippen molar-refractivity contribution in [1.29, 1.82) is 0 Å². The van der Waals surface area contributed by atoms with Crippen LogP contribution in [0.3, 0.4) is 0 Å². The third-order valence-electron chi connectivity index (χ3n) is 3.16. The third kappa shape index (κ3) is 2.08. The van der Waals surface area contributed by atoms with E-state index in [0.29, 0.717) is 11.9 Å². The largest absolute Gasteiger partial charge is 0.383 e. The number of nitrogens with zero attached hydrogens (tertiary/aromatic N) is 2. The highest BCUT2D eigenvalue weighted by molar-refractivity contribution is 7.10. The molecule has 1 aliphatic carbocycles. The fraction of sp³-hybridized carbons (Fsp3) is 0.700. The lowest BCUT2D eigenvalue weighted by atomic mass is 10.3. The Bertz CT molecular complexity index is 347. The first-order valence-electron chi connectivity index (χ1n) is 5.54. The van der Waals surface area contributed by atoms with Crippen LogP contribution in [-0.2, 0) is 0 Å². The van der Waals surface area contributed by atoms with Crippen LogP contribution in [0.25, 0.3) is 0 Å². The molecule has 0 spiro atoms. The fourth-order valence-electron chi connectivity index (χ4n) is 2.23. The molecule has 1 saturated heterocycles. The van der Waals surface area contributed by atoms with Gasteiger partial charge in [0.2, 0.25) is 0 Å². The van der Waals surface area contributed by atoms with Crippen LogP contribution in [0.4, 0.5) is 10.8 Å². The maximum atomic E-state index is 5.59. The number of nitrogen functional groups attached to an aromatic ring is 1. The molecule has 15 heavy (non-hydrogen) atoms. The second-order valence-electron chi connectivity index (χ2n) is 4.47. The first-order valence-corrected chi connectivity index (χ1v) is 6.31. The summed E-state index contributed by atoms with van der Waals surface area (Å²) in [5.74, 6) is 0.625. The van der Waals surface area contributed by atoms with Crippen molar-refractivity contribution in [2.75, 3.05) is 24.1 Å². The number of hydrogen-bond donors (Lipinski definition) is 2. The van der Waals surface area contributed by atoms with Crippen molar-refractivity contribution in [3.05, 3.63) is 6.07 Å². The minimum atomic E-state index is 0.588. The van der Waals surface area contributed by atoms with Gasteiger partial charge in [0.05, 0.1) is 0 Å². The quantitative estimate of drug-likeness (QED) is 0.814. The molecule has 82 valence electrons. The summed E-state index contributed by atoms with van der Waals surface area (Å²) in [6.07, 6.45) is 4.05. The molecule has 5 heteroatoms. The van der Waals surface area contributed by atoms with Crippen molar-refractivity contribution in [1.82, 2.24) is 9.27 Å². The molecule has 1 aromatic rings. The van der Waals surface area contributed by atoms with Gasteiger partial charge in [0.15, 0.2) is 0 Å². The molecule has 0 bridgehead atoms. The molecule has 4 nitrogen and oxygen atoms in total. The molecule has 1 aromatic heterocycles. The van der Waals surface area contributed by atoms with Gasteiger partial charge in [-0.3, -0.25) is 4.90 Å². The van der Waals surface area contributed by atoms with Crippen LogP contribution in [0.1, 0.15) is 19.3 Å². The lowest BCUT2D eigenvalue weighted by Gasteiger charge is -2.15. The van der Waals surface area contributed by atoms with Crippen molar-refractivity contribution in [2.24, 2.45) is 0 Å². The number of rotatable bonds is 3. The van der Waals surface area contributed by atoms with Crippen LogP contribution in [-0.4, -0.2) is 34.4 Å². The van der Waals surface area contributed by atoms with Crippen molar-refractivity contribution in [2.45, 2.75) is 31.3 Å². The van der Waals surface area contributed by atoms with Gasteiger partial charge in [-0.05, 0) is 30.8 Å². The van der Waals surface area contributed by atoms with Gasteiger partial charge in [-0.2, -0.15) is 4.37 Å². The van der Waals surface area contributed by atoms with Crippen LogP contribution >= 0.6 is 11.5 Å². The fourth-order valence-corrected chi connectivity index (χ4v) is 2.88. The molecule has 2 fully saturated rings. The average Bonchev–Trinajstić information content (AvgIpc) is 2.84.